The van der Waals surface area contributed by atoms with Crippen LogP contribution in [0.2, 0.25) is 0 Å². The predicted molar refractivity (Wildman–Crippen MR) is 113 cm³/mol. The largest absolute Gasteiger partial charge is 1.00 e. The molecule has 0 spiro atoms. The van der Waals surface area contributed by atoms with Gasteiger partial charge in [-0.3, -0.25) is 0 Å². The molecular weight excluding hydrogens is 562 g/mol. The van der Waals surface area contributed by atoms with Gasteiger partial charge in [0.2, 0.25) is 0 Å². The van der Waals surface area contributed by atoms with Gasteiger partial charge in [-0.1, -0.05) is 0 Å². The van der Waals surface area contributed by atoms with E-state index in [1.807, 2.05) is 6.66 Å². The molecule has 0 fully saturated rings. The zero-order valence-electron chi connectivity index (χ0n) is 17.0. The van der Waals surface area contributed by atoms with Crippen LogP contribution in [-0.4, -0.2) is 0 Å². The summed E-state index contributed by atoms with van der Waals surface area (Å²) in [7, 11) is 0. The van der Waals surface area contributed by atoms with Gasteiger partial charge in [-0.2, -0.15) is 0 Å². The first-order chi connectivity index (χ1) is 13.3. The molecule has 3 heteroatoms. The molecular formula is C26H26Cl2Hf. The summed E-state index contributed by atoms with van der Waals surface area (Å²) in [5.74, 6) is 0. The smallest absolute Gasteiger partial charge is 1.00 e. The molecule has 0 saturated carbocycles. The maximum atomic E-state index is 2.49. The molecule has 2 aromatic rings. The standard InChI is InChI=1S/2C13H13.2ClH.Hf/c2*1-2-11-8-9-13(10-11)12-6-4-3-5-7-12;;;/h2*3-7,10H,2,9H2,1H3;2*1H;/q;;;;+2/p-2. The second-order valence-corrected chi connectivity index (χ2v) is 12.5. The number of hydrogen-bond acceptors (Lipinski definition) is 0. The first-order valence-electron chi connectivity index (χ1n) is 10.0. The SMILES string of the molecule is CCC1=[C]([Hf+2][C]2=C(CC)C=C(c3ccccc3)C2)CC(c2ccccc2)=C1.[Cl-].[Cl-]. The van der Waals surface area contributed by atoms with Gasteiger partial charge < -0.3 is 24.8 Å². The molecule has 2 aromatic carbocycles. The first kappa shape index (κ1) is 24.1. The minimum atomic E-state index is -0.972. The third kappa shape index (κ3) is 5.51. The average molecular weight is 588 g/mol. The fraction of sp³-hybridized carbons (Fsp3) is 0.231. The number of benzene rings is 2. The van der Waals surface area contributed by atoms with Gasteiger partial charge in [-0.15, -0.1) is 0 Å². The quantitative estimate of drug-likeness (QED) is 0.449. The van der Waals surface area contributed by atoms with Crippen LogP contribution in [-0.2, 0) is 22.9 Å². The normalized spacial score (nSPS) is 15.4. The fourth-order valence-electron chi connectivity index (χ4n) is 4.04. The number of rotatable bonds is 6. The van der Waals surface area contributed by atoms with Crippen LogP contribution in [0.25, 0.3) is 11.1 Å². The predicted octanol–water partition coefficient (Wildman–Crippen LogP) is 1.38. The van der Waals surface area contributed by atoms with Crippen LogP contribution >= 0.6 is 0 Å². The Morgan fingerprint density at radius 3 is 1.34 bits per heavy atom. The second-order valence-electron chi connectivity index (χ2n) is 7.26. The Morgan fingerprint density at radius 2 is 1.00 bits per heavy atom. The van der Waals surface area contributed by atoms with Crippen molar-refractivity contribution in [3.8, 4) is 0 Å². The Balaban J connectivity index is 0.00000150. The van der Waals surface area contributed by atoms with Crippen LogP contribution in [0.5, 0.6) is 0 Å². The summed E-state index contributed by atoms with van der Waals surface area (Å²) < 4.78 is 3.64. The zero-order chi connectivity index (χ0) is 18.6. The van der Waals surface area contributed by atoms with Gasteiger partial charge in [0.15, 0.2) is 0 Å². The van der Waals surface area contributed by atoms with Gasteiger partial charge in [-0.05, 0) is 0 Å². The molecule has 0 aliphatic heterocycles. The van der Waals surface area contributed by atoms with Crippen molar-refractivity contribution in [1.29, 1.82) is 0 Å². The number of halogens is 2. The molecule has 148 valence electrons. The molecule has 0 amide bonds. The van der Waals surface area contributed by atoms with Gasteiger partial charge in [0.25, 0.3) is 0 Å². The Bertz CT molecular complexity index is 871. The molecule has 0 atom stereocenters. The van der Waals surface area contributed by atoms with Gasteiger partial charge in [-0.25, -0.2) is 0 Å². The minimum Gasteiger partial charge on any atom is -1.00 e. The van der Waals surface area contributed by atoms with E-state index in [0.717, 1.165) is 0 Å². The van der Waals surface area contributed by atoms with E-state index in [-0.39, 0.29) is 24.8 Å². The molecule has 0 aromatic heterocycles. The molecule has 0 N–H and O–H groups in total. The van der Waals surface area contributed by atoms with E-state index in [2.05, 4.69) is 86.7 Å². The summed E-state index contributed by atoms with van der Waals surface area (Å²) in [6, 6.07) is 21.9. The first-order valence-corrected chi connectivity index (χ1v) is 13.6. The van der Waals surface area contributed by atoms with E-state index in [1.54, 1.807) is 11.1 Å². The summed E-state index contributed by atoms with van der Waals surface area (Å²) in [4.78, 5) is 0. The fourth-order valence-corrected chi connectivity index (χ4v) is 10.3. The molecule has 0 saturated heterocycles. The number of hydrogen-bond donors (Lipinski definition) is 0. The number of allylic oxidation sites excluding steroid dienone is 8. The van der Waals surface area contributed by atoms with Gasteiger partial charge in [0.05, 0.1) is 0 Å². The molecule has 0 radical (unpaired) electrons. The molecule has 4 rings (SSSR count). The van der Waals surface area contributed by atoms with Crippen LogP contribution in [0.3, 0.4) is 0 Å². The van der Waals surface area contributed by atoms with E-state index < -0.39 is 22.9 Å². The van der Waals surface area contributed by atoms with Gasteiger partial charge in [0, 0.05) is 0 Å². The summed E-state index contributed by atoms with van der Waals surface area (Å²) >= 11 is -0.972. The third-order valence-corrected chi connectivity index (χ3v) is 11.3. The maximum Gasteiger partial charge on any atom is -1.00 e. The molecule has 2 aliphatic rings. The van der Waals surface area contributed by atoms with Crippen molar-refractivity contribution in [3.63, 3.8) is 0 Å². The Morgan fingerprint density at radius 1 is 0.621 bits per heavy atom. The van der Waals surface area contributed by atoms with Crippen molar-refractivity contribution in [3.05, 3.63) is 102 Å². The zero-order valence-corrected chi connectivity index (χ0v) is 22.1. The summed E-state index contributed by atoms with van der Waals surface area (Å²) in [5, 5.41) is 0. The van der Waals surface area contributed by atoms with E-state index >= 15 is 0 Å². The van der Waals surface area contributed by atoms with Crippen molar-refractivity contribution < 1.29 is 47.7 Å². The molecule has 2 aliphatic carbocycles. The van der Waals surface area contributed by atoms with Gasteiger partial charge in [0.1, 0.15) is 0 Å². The minimum absolute atomic E-state index is 0. The van der Waals surface area contributed by atoms with Crippen molar-refractivity contribution in [2.45, 2.75) is 39.5 Å². The summed E-state index contributed by atoms with van der Waals surface area (Å²) in [5.41, 5.74) is 9.13. The second kappa shape index (κ2) is 11.3. The van der Waals surface area contributed by atoms with Gasteiger partial charge >= 0.3 is 175 Å². The van der Waals surface area contributed by atoms with E-state index in [1.165, 1.54) is 48.0 Å². The molecule has 0 heterocycles. The van der Waals surface area contributed by atoms with Crippen molar-refractivity contribution in [1.82, 2.24) is 0 Å². The van der Waals surface area contributed by atoms with Crippen LogP contribution in [0.15, 0.2) is 90.6 Å². The van der Waals surface area contributed by atoms with Crippen LogP contribution in [0.1, 0.15) is 50.7 Å². The average Bonchev–Trinajstić information content (AvgIpc) is 3.33. The summed E-state index contributed by atoms with van der Waals surface area (Å²) in [6.45, 7) is 4.64. The topological polar surface area (TPSA) is 0 Å². The summed E-state index contributed by atoms with van der Waals surface area (Å²) in [6.07, 6.45) is 9.71. The molecule has 0 bridgehead atoms. The van der Waals surface area contributed by atoms with Crippen molar-refractivity contribution >= 4 is 11.1 Å². The Labute approximate surface area is 199 Å². The maximum absolute atomic E-state index is 2.49. The monoisotopic (exact) mass is 588 g/mol. The Kier molecular flexibility index (Phi) is 9.40. The third-order valence-electron chi connectivity index (χ3n) is 5.56. The molecule has 0 nitrogen and oxygen atoms in total. The van der Waals surface area contributed by atoms with Crippen LogP contribution < -0.4 is 24.8 Å². The van der Waals surface area contributed by atoms with Crippen LogP contribution in [0.4, 0.5) is 0 Å². The van der Waals surface area contributed by atoms with Crippen molar-refractivity contribution in [2.24, 2.45) is 0 Å². The van der Waals surface area contributed by atoms with Crippen LogP contribution in [0, 0.1) is 0 Å². The molecule has 29 heavy (non-hydrogen) atoms. The molecule has 0 unspecified atom stereocenters. The van der Waals surface area contributed by atoms with E-state index in [9.17, 15) is 0 Å². The Hall–Kier alpha value is -1.15. The van der Waals surface area contributed by atoms with Crippen molar-refractivity contribution in [2.75, 3.05) is 0 Å². The van der Waals surface area contributed by atoms with E-state index in [4.69, 9.17) is 0 Å². The van der Waals surface area contributed by atoms with E-state index in [0.29, 0.717) is 0 Å².